The molecule has 0 bridgehead atoms. The molecule has 5 nitrogen and oxygen atoms in total. The molecule has 0 saturated carbocycles. The largest absolute Gasteiger partial charge is 0.497 e. The van der Waals surface area contributed by atoms with E-state index in [9.17, 15) is 4.39 Å². The van der Waals surface area contributed by atoms with Crippen molar-refractivity contribution in [2.45, 2.75) is 38.3 Å². The average molecular weight is 450 g/mol. The zero-order valence-corrected chi connectivity index (χ0v) is 20.3. The summed E-state index contributed by atoms with van der Waals surface area (Å²) in [7, 11) is 6.90. The molecule has 0 aliphatic rings. The predicted octanol–water partition coefficient (Wildman–Crippen LogP) is 5.28. The third-order valence-corrected chi connectivity index (χ3v) is 7.33. The highest BCUT2D eigenvalue weighted by molar-refractivity contribution is 7.48. The van der Waals surface area contributed by atoms with Crippen molar-refractivity contribution in [1.82, 2.24) is 0 Å². The highest BCUT2D eigenvalue weighted by Gasteiger charge is 2.35. The molecule has 0 fully saturated rings. The summed E-state index contributed by atoms with van der Waals surface area (Å²) in [6.45, 7) is 4.45. The van der Waals surface area contributed by atoms with E-state index < -0.39 is 0 Å². The van der Waals surface area contributed by atoms with Crippen molar-refractivity contribution in [1.29, 1.82) is 0 Å². The van der Waals surface area contributed by atoms with Crippen LogP contribution in [0.4, 0.5) is 4.39 Å². The van der Waals surface area contributed by atoms with Crippen LogP contribution < -0.4 is 19.5 Å². The van der Waals surface area contributed by atoms with Gasteiger partial charge in [0.2, 0.25) is 0 Å². The number of aliphatic imine (C=N–C) groups is 1. The van der Waals surface area contributed by atoms with Crippen LogP contribution in [-0.4, -0.2) is 41.4 Å². The van der Waals surface area contributed by atoms with Crippen LogP contribution >= 0.6 is 8.58 Å². The predicted molar refractivity (Wildman–Crippen MR) is 127 cm³/mol. The number of methoxy groups -OCH3 is 3. The van der Waals surface area contributed by atoms with E-state index in [2.05, 4.69) is 18.8 Å². The minimum atomic E-state index is -0.270. The number of benzene rings is 2. The lowest BCUT2D eigenvalue weighted by Crippen LogP contribution is -2.25. The monoisotopic (exact) mass is 449 g/mol. The summed E-state index contributed by atoms with van der Waals surface area (Å²) in [5, 5.41) is 0.801. The summed E-state index contributed by atoms with van der Waals surface area (Å²) >= 11 is 0. The quantitative estimate of drug-likeness (QED) is 0.251. The van der Waals surface area contributed by atoms with E-state index >= 15 is 0 Å². The molecule has 7 heteroatoms. The van der Waals surface area contributed by atoms with Gasteiger partial charge < -0.3 is 18.9 Å². The molecule has 2 unspecified atom stereocenters. The molecule has 2 atom stereocenters. The minimum absolute atomic E-state index is 0.106. The second-order valence-electron chi connectivity index (χ2n) is 7.19. The van der Waals surface area contributed by atoms with Gasteiger partial charge in [0, 0.05) is 42.7 Å². The van der Waals surface area contributed by atoms with Crippen molar-refractivity contribution in [2.24, 2.45) is 4.99 Å². The smallest absolute Gasteiger partial charge is 0.188 e. The van der Waals surface area contributed by atoms with Crippen LogP contribution in [0.5, 0.6) is 17.2 Å². The van der Waals surface area contributed by atoms with Crippen molar-refractivity contribution >= 4 is 20.1 Å². The zero-order chi connectivity index (χ0) is 22.9. The number of halogens is 1. The maximum Gasteiger partial charge on any atom is 0.188 e. The lowest BCUT2D eigenvalue weighted by Gasteiger charge is -2.36. The van der Waals surface area contributed by atoms with Crippen LogP contribution in [0.2, 0.25) is 0 Å². The van der Waals surface area contributed by atoms with Crippen LogP contribution in [0.1, 0.15) is 44.2 Å². The van der Waals surface area contributed by atoms with Gasteiger partial charge in [0.1, 0.15) is 11.6 Å². The molecule has 0 aliphatic heterocycles. The van der Waals surface area contributed by atoms with Crippen LogP contribution in [0.25, 0.3) is 0 Å². The lowest BCUT2D eigenvalue weighted by molar-refractivity contribution is 0.0478. The van der Waals surface area contributed by atoms with Crippen molar-refractivity contribution < 1.29 is 23.3 Å². The second-order valence-corrected chi connectivity index (χ2v) is 8.93. The minimum Gasteiger partial charge on any atom is -0.497 e. The van der Waals surface area contributed by atoms with Crippen molar-refractivity contribution in [3.05, 3.63) is 47.3 Å². The van der Waals surface area contributed by atoms with Crippen LogP contribution in [0.15, 0.2) is 35.3 Å². The molecule has 170 valence electrons. The average Bonchev–Trinajstić information content (AvgIpc) is 2.78. The molecule has 0 heterocycles. The third kappa shape index (κ3) is 5.96. The number of hydrogen-bond acceptors (Lipinski definition) is 5. The molecule has 0 aliphatic carbocycles. The Morgan fingerprint density at radius 2 is 1.87 bits per heavy atom. The van der Waals surface area contributed by atoms with Gasteiger partial charge in [-0.05, 0) is 36.3 Å². The fourth-order valence-electron chi connectivity index (χ4n) is 3.77. The maximum atomic E-state index is 13.9. The standard InChI is InChI=1S/C24H33FNO4P/c1-7-11-24(8-2,31-22-10-9-18(25)12-17(22)15-26-3)20-13-19(28-5)14-21(29-6)23(20)30-16-27-4/h9-10,12-15,31H,7-8,11,16H2,1-6H3/b26-15+. The first kappa shape index (κ1) is 25.1. The van der Waals surface area contributed by atoms with Gasteiger partial charge in [0.25, 0.3) is 0 Å². The molecule has 31 heavy (non-hydrogen) atoms. The van der Waals surface area contributed by atoms with Gasteiger partial charge in [0.15, 0.2) is 18.3 Å². The highest BCUT2D eigenvalue weighted by Crippen LogP contribution is 2.54. The fourth-order valence-corrected chi connectivity index (χ4v) is 5.60. The van der Waals surface area contributed by atoms with Crippen molar-refractivity contribution in [2.75, 3.05) is 35.2 Å². The van der Waals surface area contributed by atoms with Gasteiger partial charge in [-0.15, -0.1) is 0 Å². The van der Waals surface area contributed by atoms with E-state index in [0.717, 1.165) is 35.7 Å². The Morgan fingerprint density at radius 1 is 1.10 bits per heavy atom. The van der Waals surface area contributed by atoms with Gasteiger partial charge in [0.05, 0.1) is 14.2 Å². The van der Waals surface area contributed by atoms with Crippen LogP contribution in [0.3, 0.4) is 0 Å². The van der Waals surface area contributed by atoms with E-state index in [1.807, 2.05) is 18.2 Å². The Bertz CT molecular complexity index is 890. The van der Waals surface area contributed by atoms with E-state index in [1.54, 1.807) is 34.6 Å². The topological polar surface area (TPSA) is 49.3 Å². The molecule has 0 N–H and O–H groups in total. The van der Waals surface area contributed by atoms with Gasteiger partial charge >= 0.3 is 0 Å². The molecular formula is C24H33FNO4P. The summed E-state index contributed by atoms with van der Waals surface area (Å²) in [5.74, 6) is 1.68. The van der Waals surface area contributed by atoms with E-state index in [0.29, 0.717) is 25.8 Å². The van der Waals surface area contributed by atoms with Crippen LogP contribution in [0, 0.1) is 5.82 Å². The number of rotatable bonds is 12. The third-order valence-electron chi connectivity index (χ3n) is 5.26. The number of ether oxygens (including phenoxy) is 4. The Morgan fingerprint density at radius 3 is 2.45 bits per heavy atom. The van der Waals surface area contributed by atoms with E-state index in [4.69, 9.17) is 18.9 Å². The van der Waals surface area contributed by atoms with Crippen molar-refractivity contribution in [3.63, 3.8) is 0 Å². The Balaban J connectivity index is 2.73. The Labute approximate surface area is 186 Å². The molecule has 2 aromatic rings. The maximum absolute atomic E-state index is 13.9. The van der Waals surface area contributed by atoms with Gasteiger partial charge in [-0.1, -0.05) is 34.9 Å². The second kappa shape index (κ2) is 12.0. The fraction of sp³-hybridized carbons (Fsp3) is 0.458. The highest BCUT2D eigenvalue weighted by atomic mass is 31.1. The van der Waals surface area contributed by atoms with Gasteiger partial charge in [-0.2, -0.15) is 0 Å². The van der Waals surface area contributed by atoms with E-state index in [-0.39, 0.29) is 17.8 Å². The van der Waals surface area contributed by atoms with Crippen LogP contribution in [-0.2, 0) is 9.89 Å². The SMILES string of the molecule is CCCC(CC)(Pc1ccc(F)cc1/C=N/C)c1cc(OC)cc(OC)c1OCOC. The van der Waals surface area contributed by atoms with Gasteiger partial charge in [-0.25, -0.2) is 4.39 Å². The molecule has 0 saturated heterocycles. The molecular weight excluding hydrogens is 416 g/mol. The zero-order valence-electron chi connectivity index (χ0n) is 19.3. The summed E-state index contributed by atoms with van der Waals surface area (Å²) < 4.78 is 36.3. The van der Waals surface area contributed by atoms with Gasteiger partial charge in [-0.3, -0.25) is 4.99 Å². The Hall–Kier alpha value is -2.17. The molecule has 2 rings (SSSR count). The first-order valence-corrected chi connectivity index (χ1v) is 11.4. The van der Waals surface area contributed by atoms with Crippen molar-refractivity contribution in [3.8, 4) is 17.2 Å². The number of hydrogen-bond donors (Lipinski definition) is 0. The molecule has 2 aromatic carbocycles. The molecule has 0 aromatic heterocycles. The normalized spacial score (nSPS) is 13.6. The summed E-state index contributed by atoms with van der Waals surface area (Å²) in [6, 6.07) is 8.75. The molecule has 0 radical (unpaired) electrons. The summed E-state index contributed by atoms with van der Waals surface area (Å²) in [6.07, 6.45) is 4.47. The first-order valence-electron chi connectivity index (χ1n) is 10.4. The molecule has 0 amide bonds. The summed E-state index contributed by atoms with van der Waals surface area (Å²) in [4.78, 5) is 4.13. The first-order chi connectivity index (χ1) is 15.0. The summed E-state index contributed by atoms with van der Waals surface area (Å²) in [5.41, 5.74) is 1.80. The van der Waals surface area contributed by atoms with E-state index in [1.165, 1.54) is 12.1 Å². The lowest BCUT2D eigenvalue weighted by atomic mass is 9.89. The number of nitrogens with zero attached hydrogens (tertiary/aromatic N) is 1. The molecule has 0 spiro atoms. The Kier molecular flexibility index (Phi) is 9.73.